The van der Waals surface area contributed by atoms with E-state index in [0.717, 1.165) is 30.9 Å². The van der Waals surface area contributed by atoms with E-state index in [1.807, 2.05) is 21.8 Å². The molecule has 0 spiro atoms. The number of hydrogen-bond donors (Lipinski definition) is 0. The summed E-state index contributed by atoms with van der Waals surface area (Å²) in [5.74, 6) is 0.437. The molecule has 2 rings (SSSR count). The second kappa shape index (κ2) is 5.07. The van der Waals surface area contributed by atoms with E-state index < -0.39 is 0 Å². The Kier molecular flexibility index (Phi) is 3.51. The maximum atomic E-state index is 4.08. The smallest absolute Gasteiger partial charge is 0.0824 e. The summed E-state index contributed by atoms with van der Waals surface area (Å²) < 4.78 is 3.78. The van der Waals surface area contributed by atoms with E-state index in [1.54, 1.807) is 0 Å². The summed E-state index contributed by atoms with van der Waals surface area (Å²) in [5.41, 5.74) is 2.17. The molecule has 17 heavy (non-hydrogen) atoms. The lowest BCUT2D eigenvalue weighted by Crippen LogP contribution is -2.12. The van der Waals surface area contributed by atoms with Crippen molar-refractivity contribution in [3.05, 3.63) is 23.8 Å². The van der Waals surface area contributed by atoms with Crippen LogP contribution in [0.4, 0.5) is 0 Å². The SMILES string of the molecule is CCc1cn(CCn2nncc2C(C)C)nn1. The average molecular weight is 234 g/mol. The molecule has 0 unspecified atom stereocenters. The van der Waals surface area contributed by atoms with Crippen LogP contribution in [0.1, 0.15) is 38.1 Å². The van der Waals surface area contributed by atoms with E-state index in [2.05, 4.69) is 41.4 Å². The average Bonchev–Trinajstić information content (AvgIpc) is 2.95. The Hall–Kier alpha value is -1.72. The standard InChI is InChI=1S/C11H18N6/c1-4-10-8-16(15-13-10)5-6-17-11(9(2)3)7-12-14-17/h7-9H,4-6H2,1-3H3. The van der Waals surface area contributed by atoms with E-state index in [9.17, 15) is 0 Å². The lowest BCUT2D eigenvalue weighted by atomic mass is 10.1. The molecule has 0 saturated heterocycles. The van der Waals surface area contributed by atoms with E-state index >= 15 is 0 Å². The quantitative estimate of drug-likeness (QED) is 0.781. The van der Waals surface area contributed by atoms with Crippen molar-refractivity contribution in [2.45, 2.75) is 46.2 Å². The molecule has 0 atom stereocenters. The minimum Gasteiger partial charge on any atom is -0.250 e. The zero-order chi connectivity index (χ0) is 12.3. The van der Waals surface area contributed by atoms with Crippen molar-refractivity contribution in [1.29, 1.82) is 0 Å². The van der Waals surface area contributed by atoms with Crippen LogP contribution in [0.2, 0.25) is 0 Å². The maximum absolute atomic E-state index is 4.08. The topological polar surface area (TPSA) is 61.4 Å². The van der Waals surface area contributed by atoms with Gasteiger partial charge in [0.05, 0.1) is 30.7 Å². The van der Waals surface area contributed by atoms with Crippen molar-refractivity contribution in [1.82, 2.24) is 30.0 Å². The first-order valence-electron chi connectivity index (χ1n) is 5.98. The highest BCUT2D eigenvalue weighted by molar-refractivity contribution is 4.99. The summed E-state index contributed by atoms with van der Waals surface area (Å²) in [7, 11) is 0. The van der Waals surface area contributed by atoms with Crippen LogP contribution in [0.5, 0.6) is 0 Å². The van der Waals surface area contributed by atoms with Crippen molar-refractivity contribution < 1.29 is 0 Å². The molecule has 2 heterocycles. The third-order valence-electron chi connectivity index (χ3n) is 2.73. The highest BCUT2D eigenvalue weighted by Crippen LogP contribution is 2.11. The number of rotatable bonds is 5. The second-order valence-electron chi connectivity index (χ2n) is 4.36. The summed E-state index contributed by atoms with van der Waals surface area (Å²) in [6.45, 7) is 7.90. The molecular weight excluding hydrogens is 216 g/mol. The van der Waals surface area contributed by atoms with Gasteiger partial charge in [0.25, 0.3) is 0 Å². The third kappa shape index (κ3) is 2.69. The van der Waals surface area contributed by atoms with Crippen LogP contribution < -0.4 is 0 Å². The van der Waals surface area contributed by atoms with Crippen molar-refractivity contribution in [3.8, 4) is 0 Å². The van der Waals surface area contributed by atoms with E-state index in [1.165, 1.54) is 0 Å². The van der Waals surface area contributed by atoms with Crippen LogP contribution in [0.3, 0.4) is 0 Å². The maximum Gasteiger partial charge on any atom is 0.0824 e. The Labute approximate surface area is 101 Å². The van der Waals surface area contributed by atoms with Crippen molar-refractivity contribution >= 4 is 0 Å². The lowest BCUT2D eigenvalue weighted by Gasteiger charge is -2.08. The molecule has 0 bridgehead atoms. The highest BCUT2D eigenvalue weighted by Gasteiger charge is 2.08. The number of aromatic nitrogens is 6. The van der Waals surface area contributed by atoms with E-state index in [0.29, 0.717) is 5.92 Å². The van der Waals surface area contributed by atoms with E-state index in [-0.39, 0.29) is 0 Å². The number of nitrogens with zero attached hydrogens (tertiary/aromatic N) is 6. The van der Waals surface area contributed by atoms with Crippen molar-refractivity contribution in [2.75, 3.05) is 0 Å². The van der Waals surface area contributed by atoms with Gasteiger partial charge in [-0.25, -0.2) is 4.68 Å². The van der Waals surface area contributed by atoms with Crippen LogP contribution in [-0.4, -0.2) is 30.0 Å². The first-order chi connectivity index (χ1) is 8.20. The van der Waals surface area contributed by atoms with Gasteiger partial charge < -0.3 is 0 Å². The highest BCUT2D eigenvalue weighted by atomic mass is 15.5. The number of hydrogen-bond acceptors (Lipinski definition) is 4. The molecule has 6 nitrogen and oxygen atoms in total. The largest absolute Gasteiger partial charge is 0.250 e. The summed E-state index contributed by atoms with van der Waals surface area (Å²) in [5, 5.41) is 16.2. The summed E-state index contributed by atoms with van der Waals surface area (Å²) in [6, 6.07) is 0. The Bertz CT molecular complexity index is 470. The van der Waals surface area contributed by atoms with Crippen LogP contribution in [-0.2, 0) is 19.5 Å². The molecular formula is C11H18N6. The van der Waals surface area contributed by atoms with Gasteiger partial charge in [0.1, 0.15) is 0 Å². The molecule has 0 saturated carbocycles. The van der Waals surface area contributed by atoms with Gasteiger partial charge in [-0.1, -0.05) is 31.2 Å². The zero-order valence-corrected chi connectivity index (χ0v) is 10.5. The predicted molar refractivity (Wildman–Crippen MR) is 63.5 cm³/mol. The molecule has 92 valence electrons. The molecule has 0 aliphatic heterocycles. The van der Waals surface area contributed by atoms with Gasteiger partial charge in [-0.3, -0.25) is 4.68 Å². The van der Waals surface area contributed by atoms with Gasteiger partial charge in [-0.2, -0.15) is 0 Å². The predicted octanol–water partition coefficient (Wildman–Crippen LogP) is 1.26. The molecule has 0 aliphatic carbocycles. The summed E-state index contributed by atoms with van der Waals surface area (Å²) in [6.07, 6.45) is 4.72. The second-order valence-corrected chi connectivity index (χ2v) is 4.36. The summed E-state index contributed by atoms with van der Waals surface area (Å²) >= 11 is 0. The molecule has 2 aromatic heterocycles. The minimum atomic E-state index is 0.437. The number of aryl methyl sites for hydroxylation is 3. The molecule has 0 amide bonds. The minimum absolute atomic E-state index is 0.437. The molecule has 0 N–H and O–H groups in total. The fraction of sp³-hybridized carbons (Fsp3) is 0.636. The van der Waals surface area contributed by atoms with Gasteiger partial charge in [-0.15, -0.1) is 10.2 Å². The Balaban J connectivity index is 1.99. The van der Waals surface area contributed by atoms with Gasteiger partial charge in [0.15, 0.2) is 0 Å². The molecule has 6 heteroatoms. The van der Waals surface area contributed by atoms with Crippen LogP contribution in [0.25, 0.3) is 0 Å². The fourth-order valence-corrected chi connectivity index (χ4v) is 1.69. The van der Waals surface area contributed by atoms with Crippen molar-refractivity contribution in [2.24, 2.45) is 0 Å². The van der Waals surface area contributed by atoms with Gasteiger partial charge in [0.2, 0.25) is 0 Å². The van der Waals surface area contributed by atoms with Gasteiger partial charge in [-0.05, 0) is 12.3 Å². The first-order valence-corrected chi connectivity index (χ1v) is 5.98. The monoisotopic (exact) mass is 234 g/mol. The van der Waals surface area contributed by atoms with Gasteiger partial charge >= 0.3 is 0 Å². The van der Waals surface area contributed by atoms with Crippen LogP contribution in [0.15, 0.2) is 12.4 Å². The van der Waals surface area contributed by atoms with Crippen molar-refractivity contribution in [3.63, 3.8) is 0 Å². The summed E-state index contributed by atoms with van der Waals surface area (Å²) in [4.78, 5) is 0. The molecule has 0 aromatic carbocycles. The molecule has 0 aliphatic rings. The third-order valence-corrected chi connectivity index (χ3v) is 2.73. The van der Waals surface area contributed by atoms with Crippen LogP contribution in [0, 0.1) is 0 Å². The Morgan fingerprint density at radius 2 is 2.06 bits per heavy atom. The van der Waals surface area contributed by atoms with Crippen LogP contribution >= 0.6 is 0 Å². The normalized spacial score (nSPS) is 11.3. The molecule has 0 fully saturated rings. The zero-order valence-electron chi connectivity index (χ0n) is 10.5. The molecule has 0 radical (unpaired) electrons. The Morgan fingerprint density at radius 3 is 2.71 bits per heavy atom. The lowest BCUT2D eigenvalue weighted by molar-refractivity contribution is 0.464. The van der Waals surface area contributed by atoms with Gasteiger partial charge in [0, 0.05) is 6.20 Å². The van der Waals surface area contributed by atoms with E-state index in [4.69, 9.17) is 0 Å². The molecule has 2 aromatic rings. The Morgan fingerprint density at radius 1 is 1.24 bits per heavy atom. The first kappa shape index (κ1) is 11.8. The fourth-order valence-electron chi connectivity index (χ4n) is 1.69.